The zero-order valence-electron chi connectivity index (χ0n) is 28.6. The molecular weight excluding hydrogens is 668 g/mol. The van der Waals surface area contributed by atoms with Crippen molar-refractivity contribution in [1.82, 2.24) is 9.13 Å². The molecule has 0 N–H and O–H groups in total. The first kappa shape index (κ1) is 30.1. The second-order valence-electron chi connectivity index (χ2n) is 13.6. The van der Waals surface area contributed by atoms with Crippen molar-refractivity contribution in [3.05, 3.63) is 188 Å². The minimum Gasteiger partial charge on any atom is -0.455 e. The quantitative estimate of drug-likeness (QED) is 0.168. The van der Waals surface area contributed by atoms with Gasteiger partial charge in [0.25, 0.3) is 0 Å². The Kier molecular flexibility index (Phi) is 6.49. The number of aromatic nitrogens is 2. The molecule has 0 atom stereocenters. The maximum atomic E-state index is 15.1. The Bertz CT molecular complexity index is 3190. The Balaban J connectivity index is 1.14. The molecule has 11 rings (SSSR count). The Hall–Kier alpha value is -6.61. The fraction of sp³-hybridized carbons (Fsp3) is 0. The average Bonchev–Trinajstić information content (AvgIpc) is 3.89. The predicted molar refractivity (Wildman–Crippen MR) is 222 cm³/mol. The molecule has 0 amide bonds. The summed E-state index contributed by atoms with van der Waals surface area (Å²) in [7, 11) is -3.10. The summed E-state index contributed by atoms with van der Waals surface area (Å²) in [6.07, 6.45) is 0. The smallest absolute Gasteiger partial charge is 0.171 e. The fourth-order valence-electron chi connectivity index (χ4n) is 8.46. The van der Waals surface area contributed by atoms with Gasteiger partial charge in [-0.1, -0.05) is 115 Å². The topological polar surface area (TPSA) is 40.1 Å². The Morgan fingerprint density at radius 2 is 0.736 bits per heavy atom. The van der Waals surface area contributed by atoms with Crippen LogP contribution >= 0.6 is 7.14 Å². The lowest BCUT2D eigenvalue weighted by Crippen LogP contribution is -2.24. The molecule has 0 radical (unpaired) electrons. The van der Waals surface area contributed by atoms with Gasteiger partial charge in [-0.15, -0.1) is 0 Å². The van der Waals surface area contributed by atoms with E-state index >= 15 is 4.57 Å². The van der Waals surface area contributed by atoms with E-state index in [0.717, 1.165) is 92.8 Å². The second kappa shape index (κ2) is 11.4. The Morgan fingerprint density at radius 1 is 0.340 bits per heavy atom. The molecular formula is C48H31N2O2P. The first-order chi connectivity index (χ1) is 26.2. The monoisotopic (exact) mass is 698 g/mol. The van der Waals surface area contributed by atoms with Gasteiger partial charge in [0.2, 0.25) is 0 Å². The normalized spacial score (nSPS) is 12.2. The number of fused-ring (bicyclic) bond motifs is 11. The van der Waals surface area contributed by atoms with Crippen molar-refractivity contribution in [3.8, 4) is 11.4 Å². The van der Waals surface area contributed by atoms with Crippen LogP contribution in [-0.2, 0) is 4.57 Å². The highest BCUT2D eigenvalue weighted by molar-refractivity contribution is 7.85. The number of rotatable bonds is 5. The van der Waals surface area contributed by atoms with Gasteiger partial charge in [-0.2, -0.15) is 0 Å². The van der Waals surface area contributed by atoms with Gasteiger partial charge < -0.3 is 18.1 Å². The van der Waals surface area contributed by atoms with Crippen LogP contribution in [0.3, 0.4) is 0 Å². The van der Waals surface area contributed by atoms with Gasteiger partial charge >= 0.3 is 0 Å². The summed E-state index contributed by atoms with van der Waals surface area (Å²) in [4.78, 5) is 0. The fourth-order valence-corrected chi connectivity index (χ4v) is 11.1. The summed E-state index contributed by atoms with van der Waals surface area (Å²) in [6, 6.07) is 64.5. The molecule has 250 valence electrons. The largest absolute Gasteiger partial charge is 0.455 e. The van der Waals surface area contributed by atoms with E-state index in [4.69, 9.17) is 4.42 Å². The van der Waals surface area contributed by atoms with Crippen LogP contribution in [0.25, 0.3) is 76.9 Å². The van der Waals surface area contributed by atoms with Gasteiger partial charge in [0, 0.05) is 48.8 Å². The number of nitrogens with zero attached hydrogens (tertiary/aromatic N) is 2. The van der Waals surface area contributed by atoms with Crippen LogP contribution in [0.15, 0.2) is 192 Å². The zero-order chi connectivity index (χ0) is 35.1. The molecule has 0 aliphatic rings. The summed E-state index contributed by atoms with van der Waals surface area (Å²) in [5, 5.41) is 9.13. The van der Waals surface area contributed by atoms with Crippen molar-refractivity contribution in [2.75, 3.05) is 0 Å². The molecule has 3 heterocycles. The van der Waals surface area contributed by atoms with E-state index in [0.29, 0.717) is 0 Å². The lowest BCUT2D eigenvalue weighted by atomic mass is 10.1. The lowest BCUT2D eigenvalue weighted by molar-refractivity contribution is 0.592. The average molecular weight is 699 g/mol. The molecule has 0 saturated carbocycles. The molecule has 8 aromatic carbocycles. The molecule has 11 aromatic rings. The van der Waals surface area contributed by atoms with E-state index < -0.39 is 7.14 Å². The van der Waals surface area contributed by atoms with E-state index in [9.17, 15) is 0 Å². The van der Waals surface area contributed by atoms with Crippen LogP contribution in [0, 0.1) is 0 Å². The third-order valence-electron chi connectivity index (χ3n) is 10.8. The molecule has 0 fully saturated rings. The molecule has 5 heteroatoms. The van der Waals surface area contributed by atoms with Crippen LogP contribution in [0.4, 0.5) is 0 Å². The molecule has 4 nitrogen and oxygen atoms in total. The Labute approximate surface area is 305 Å². The van der Waals surface area contributed by atoms with Gasteiger partial charge in [0.15, 0.2) is 7.14 Å². The number of hydrogen-bond donors (Lipinski definition) is 0. The van der Waals surface area contributed by atoms with Crippen molar-refractivity contribution in [2.45, 2.75) is 0 Å². The molecule has 0 bridgehead atoms. The summed E-state index contributed by atoms with van der Waals surface area (Å²) < 4.78 is 26.8. The maximum Gasteiger partial charge on any atom is 0.171 e. The molecule has 0 saturated heterocycles. The third kappa shape index (κ3) is 4.27. The maximum absolute atomic E-state index is 15.1. The number of furan rings is 1. The highest BCUT2D eigenvalue weighted by Gasteiger charge is 2.30. The van der Waals surface area contributed by atoms with E-state index in [2.05, 4.69) is 124 Å². The van der Waals surface area contributed by atoms with Crippen LogP contribution in [0.5, 0.6) is 0 Å². The lowest BCUT2D eigenvalue weighted by Gasteiger charge is -2.20. The van der Waals surface area contributed by atoms with E-state index in [1.807, 2.05) is 72.8 Å². The van der Waals surface area contributed by atoms with Gasteiger partial charge in [-0.3, -0.25) is 0 Å². The number of para-hydroxylation sites is 3. The Morgan fingerprint density at radius 3 is 1.23 bits per heavy atom. The van der Waals surface area contributed by atoms with Crippen LogP contribution in [-0.4, -0.2) is 9.13 Å². The molecule has 0 aliphatic heterocycles. The molecule has 0 spiro atoms. The zero-order valence-corrected chi connectivity index (χ0v) is 29.5. The number of benzene rings is 8. The SMILES string of the molecule is O=P(c1ccccc1)(c1ccccc1)c1ccc(-n2c3ccccc3c3c4oc5c(ccc6c5c5ccccc5n6-c5ccccc5)c4ccc32)cc1. The van der Waals surface area contributed by atoms with Crippen molar-refractivity contribution in [2.24, 2.45) is 0 Å². The van der Waals surface area contributed by atoms with Crippen LogP contribution in [0.2, 0.25) is 0 Å². The highest BCUT2D eigenvalue weighted by atomic mass is 31.2. The first-order valence-electron chi connectivity index (χ1n) is 17.9. The third-order valence-corrected chi connectivity index (χ3v) is 13.9. The number of hydrogen-bond acceptors (Lipinski definition) is 2. The molecule has 53 heavy (non-hydrogen) atoms. The van der Waals surface area contributed by atoms with Gasteiger partial charge in [0.05, 0.1) is 32.8 Å². The molecule has 3 aromatic heterocycles. The minimum absolute atomic E-state index is 0.803. The summed E-state index contributed by atoms with van der Waals surface area (Å²) in [6.45, 7) is 0. The van der Waals surface area contributed by atoms with Crippen molar-refractivity contribution < 1.29 is 8.98 Å². The highest BCUT2D eigenvalue weighted by Crippen LogP contribution is 2.46. The summed E-state index contributed by atoms with van der Waals surface area (Å²) in [5.41, 5.74) is 8.30. The predicted octanol–water partition coefficient (Wildman–Crippen LogP) is 11.4. The van der Waals surface area contributed by atoms with E-state index in [1.165, 1.54) is 0 Å². The standard InChI is InChI=1S/C48H31N2O2P/c51-53(34-16-6-2-7-17-34,35-18-8-3-9-19-35)36-26-24-33(25-27-36)50-42-23-13-11-21-40(42)46-44(50)31-29-38-37-28-30-43-45(47(37)52-48(38)46)39-20-10-12-22-41(39)49(43)32-14-4-1-5-15-32/h1-31H. The van der Waals surface area contributed by atoms with Gasteiger partial charge in [-0.25, -0.2) is 0 Å². The summed E-state index contributed by atoms with van der Waals surface area (Å²) >= 11 is 0. The molecule has 0 aliphatic carbocycles. The first-order valence-corrected chi connectivity index (χ1v) is 19.6. The van der Waals surface area contributed by atoms with Crippen molar-refractivity contribution in [1.29, 1.82) is 0 Å². The van der Waals surface area contributed by atoms with Crippen LogP contribution < -0.4 is 15.9 Å². The van der Waals surface area contributed by atoms with Gasteiger partial charge in [0.1, 0.15) is 11.2 Å². The van der Waals surface area contributed by atoms with E-state index in [1.54, 1.807) is 0 Å². The van der Waals surface area contributed by atoms with Crippen molar-refractivity contribution >= 4 is 88.6 Å². The van der Waals surface area contributed by atoms with E-state index in [-0.39, 0.29) is 0 Å². The van der Waals surface area contributed by atoms with Crippen molar-refractivity contribution in [3.63, 3.8) is 0 Å². The summed E-state index contributed by atoms with van der Waals surface area (Å²) in [5.74, 6) is 0. The second-order valence-corrected chi connectivity index (χ2v) is 16.4. The van der Waals surface area contributed by atoms with Gasteiger partial charge in [-0.05, 0) is 72.8 Å². The minimum atomic E-state index is -3.10. The molecule has 0 unspecified atom stereocenters. The van der Waals surface area contributed by atoms with Crippen LogP contribution in [0.1, 0.15) is 0 Å².